The number of amides is 1. The van der Waals surface area contributed by atoms with Gasteiger partial charge in [0.1, 0.15) is 0 Å². The van der Waals surface area contributed by atoms with Crippen LogP contribution >= 0.6 is 0 Å². The van der Waals surface area contributed by atoms with E-state index in [2.05, 4.69) is 42.7 Å². The van der Waals surface area contributed by atoms with E-state index in [1.165, 1.54) is 5.56 Å². The lowest BCUT2D eigenvalue weighted by Gasteiger charge is -2.26. The summed E-state index contributed by atoms with van der Waals surface area (Å²) in [6.45, 7) is 5.86. The molecule has 2 rings (SSSR count). The number of nitriles is 1. The monoisotopic (exact) mass is 257 g/mol. The van der Waals surface area contributed by atoms with Crippen LogP contribution in [0.15, 0.2) is 18.2 Å². The van der Waals surface area contributed by atoms with Crippen LogP contribution in [0.3, 0.4) is 0 Å². The number of anilines is 1. The first-order valence-electron chi connectivity index (χ1n) is 6.54. The first kappa shape index (κ1) is 13.6. The predicted molar refractivity (Wildman–Crippen MR) is 74.9 cm³/mol. The van der Waals surface area contributed by atoms with Crippen LogP contribution in [-0.4, -0.2) is 19.0 Å². The molecule has 0 saturated carbocycles. The fourth-order valence-electron chi connectivity index (χ4n) is 2.30. The number of nitrogens with one attached hydrogen (secondary N) is 2. The molecule has 0 bridgehead atoms. The van der Waals surface area contributed by atoms with Crippen molar-refractivity contribution in [2.24, 2.45) is 0 Å². The lowest BCUT2D eigenvalue weighted by molar-refractivity contribution is -0.115. The van der Waals surface area contributed by atoms with Gasteiger partial charge in [-0.15, -0.1) is 0 Å². The van der Waals surface area contributed by atoms with Crippen molar-refractivity contribution in [2.75, 3.05) is 18.4 Å². The summed E-state index contributed by atoms with van der Waals surface area (Å²) >= 11 is 0. The van der Waals surface area contributed by atoms with E-state index >= 15 is 0 Å². The van der Waals surface area contributed by atoms with E-state index in [4.69, 9.17) is 5.26 Å². The summed E-state index contributed by atoms with van der Waals surface area (Å²) in [7, 11) is 0. The van der Waals surface area contributed by atoms with Crippen LogP contribution in [0.4, 0.5) is 5.69 Å². The zero-order chi connectivity index (χ0) is 13.9. The zero-order valence-electron chi connectivity index (χ0n) is 11.4. The molecular weight excluding hydrogens is 238 g/mol. The summed E-state index contributed by atoms with van der Waals surface area (Å²) in [4.78, 5) is 11.4. The molecule has 1 aromatic carbocycles. The molecule has 4 nitrogen and oxygen atoms in total. The quantitative estimate of drug-likeness (QED) is 0.792. The normalized spacial score (nSPS) is 13.8. The first-order chi connectivity index (χ1) is 9.03. The maximum absolute atomic E-state index is 11.4. The summed E-state index contributed by atoms with van der Waals surface area (Å²) in [5.74, 6) is 0.0668. The number of hydrogen-bond donors (Lipinski definition) is 2. The maximum Gasteiger partial charge on any atom is 0.228 e. The van der Waals surface area contributed by atoms with Crippen molar-refractivity contribution in [3.05, 3.63) is 29.3 Å². The van der Waals surface area contributed by atoms with E-state index in [1.54, 1.807) is 0 Å². The molecule has 0 fully saturated rings. The highest BCUT2D eigenvalue weighted by Crippen LogP contribution is 2.29. The second-order valence-electron chi connectivity index (χ2n) is 5.57. The molecular formula is C15H19N3O. The Bertz CT molecular complexity index is 529. The van der Waals surface area contributed by atoms with Crippen molar-refractivity contribution in [1.82, 2.24) is 5.32 Å². The third-order valence-corrected chi connectivity index (χ3v) is 3.49. The molecule has 1 aromatic rings. The molecule has 0 atom stereocenters. The highest BCUT2D eigenvalue weighted by atomic mass is 16.1. The van der Waals surface area contributed by atoms with Crippen molar-refractivity contribution < 1.29 is 4.79 Å². The highest BCUT2D eigenvalue weighted by Gasteiger charge is 2.24. The molecule has 0 aliphatic carbocycles. The topological polar surface area (TPSA) is 64.9 Å². The van der Waals surface area contributed by atoms with Crippen molar-refractivity contribution in [2.45, 2.75) is 32.1 Å². The predicted octanol–water partition coefficient (Wildman–Crippen LogP) is 1.96. The van der Waals surface area contributed by atoms with Gasteiger partial charge in [0.05, 0.1) is 12.5 Å². The van der Waals surface area contributed by atoms with Gasteiger partial charge in [0.2, 0.25) is 5.91 Å². The average Bonchev–Trinajstić information content (AvgIpc) is 2.73. The highest BCUT2D eigenvalue weighted by molar-refractivity contribution is 5.99. The molecule has 0 unspecified atom stereocenters. The summed E-state index contributed by atoms with van der Waals surface area (Å²) in [6, 6.07) is 8.28. The maximum atomic E-state index is 11.4. The Morgan fingerprint density at radius 3 is 3.00 bits per heavy atom. The summed E-state index contributed by atoms with van der Waals surface area (Å²) in [5.41, 5.74) is 3.21. The van der Waals surface area contributed by atoms with Crippen LogP contribution in [0, 0.1) is 11.3 Å². The number of carbonyl (C=O) groups excluding carboxylic acids is 1. The molecule has 0 aromatic heterocycles. The fraction of sp³-hybridized carbons (Fsp3) is 0.467. The number of hydrogen-bond acceptors (Lipinski definition) is 3. The molecule has 19 heavy (non-hydrogen) atoms. The number of fused-ring (bicyclic) bond motifs is 1. The standard InChI is InChI=1S/C15H19N3O/c1-15(2,10-17-7-3-6-16)12-4-5-13-11(8-12)9-14(19)18-13/h4-5,8,17H,3,7,9-10H2,1-2H3,(H,18,19). The van der Waals surface area contributed by atoms with Crippen molar-refractivity contribution in [3.63, 3.8) is 0 Å². The third kappa shape index (κ3) is 3.12. The lowest BCUT2D eigenvalue weighted by Crippen LogP contribution is -2.33. The zero-order valence-corrected chi connectivity index (χ0v) is 11.4. The van der Waals surface area contributed by atoms with Crippen molar-refractivity contribution in [3.8, 4) is 6.07 Å². The van der Waals surface area contributed by atoms with E-state index in [9.17, 15) is 4.79 Å². The van der Waals surface area contributed by atoms with E-state index < -0.39 is 0 Å². The van der Waals surface area contributed by atoms with Crippen LogP contribution in [0.25, 0.3) is 0 Å². The van der Waals surface area contributed by atoms with Gasteiger partial charge in [-0.05, 0) is 17.2 Å². The Hall–Kier alpha value is -1.86. The summed E-state index contributed by atoms with van der Waals surface area (Å²) < 4.78 is 0. The molecule has 1 heterocycles. The molecule has 0 saturated heterocycles. The van der Waals surface area contributed by atoms with Gasteiger partial charge in [-0.3, -0.25) is 4.79 Å². The van der Waals surface area contributed by atoms with E-state index in [0.717, 1.165) is 17.8 Å². The Kier molecular flexibility index (Phi) is 3.87. The van der Waals surface area contributed by atoms with Crippen LogP contribution in [0.5, 0.6) is 0 Å². The van der Waals surface area contributed by atoms with Gasteiger partial charge in [-0.25, -0.2) is 0 Å². The van der Waals surface area contributed by atoms with Crippen LogP contribution < -0.4 is 10.6 Å². The fourth-order valence-corrected chi connectivity index (χ4v) is 2.30. The number of carbonyl (C=O) groups is 1. The largest absolute Gasteiger partial charge is 0.326 e. The molecule has 4 heteroatoms. The molecule has 100 valence electrons. The molecule has 1 aliphatic rings. The number of benzene rings is 1. The van der Waals surface area contributed by atoms with Gasteiger partial charge in [-0.2, -0.15) is 5.26 Å². The van der Waals surface area contributed by atoms with Crippen molar-refractivity contribution >= 4 is 11.6 Å². The van der Waals surface area contributed by atoms with Crippen LogP contribution in [-0.2, 0) is 16.6 Å². The van der Waals surface area contributed by atoms with Gasteiger partial charge in [0.25, 0.3) is 0 Å². The van der Waals surface area contributed by atoms with Gasteiger partial charge in [0.15, 0.2) is 0 Å². The first-order valence-corrected chi connectivity index (χ1v) is 6.54. The van der Waals surface area contributed by atoms with Gasteiger partial charge >= 0.3 is 0 Å². The minimum absolute atomic E-state index is 0.0177. The van der Waals surface area contributed by atoms with E-state index in [1.807, 2.05) is 6.07 Å². The molecule has 0 radical (unpaired) electrons. The van der Waals surface area contributed by atoms with Crippen molar-refractivity contribution in [1.29, 1.82) is 5.26 Å². The minimum atomic E-state index is -0.0177. The second-order valence-corrected chi connectivity index (χ2v) is 5.57. The Labute approximate surface area is 113 Å². The molecule has 0 spiro atoms. The van der Waals surface area contributed by atoms with Gasteiger partial charge in [0, 0.05) is 30.6 Å². The van der Waals surface area contributed by atoms with Crippen LogP contribution in [0.2, 0.25) is 0 Å². The molecule has 1 amide bonds. The smallest absolute Gasteiger partial charge is 0.228 e. The Morgan fingerprint density at radius 1 is 1.47 bits per heavy atom. The number of rotatable bonds is 5. The summed E-state index contributed by atoms with van der Waals surface area (Å²) in [6.07, 6.45) is 1.000. The lowest BCUT2D eigenvalue weighted by atomic mass is 9.83. The van der Waals surface area contributed by atoms with E-state index in [0.29, 0.717) is 19.4 Å². The van der Waals surface area contributed by atoms with Gasteiger partial charge < -0.3 is 10.6 Å². The Morgan fingerprint density at radius 2 is 2.26 bits per heavy atom. The Balaban J connectivity index is 2.07. The number of nitrogens with zero attached hydrogens (tertiary/aromatic N) is 1. The van der Waals surface area contributed by atoms with E-state index in [-0.39, 0.29) is 11.3 Å². The third-order valence-electron chi connectivity index (χ3n) is 3.49. The molecule has 2 N–H and O–H groups in total. The summed E-state index contributed by atoms with van der Waals surface area (Å²) in [5, 5.41) is 14.7. The minimum Gasteiger partial charge on any atom is -0.326 e. The SMILES string of the molecule is CC(C)(CNCCC#N)c1ccc2c(c1)CC(=O)N2. The molecule has 1 aliphatic heterocycles. The van der Waals surface area contributed by atoms with Gasteiger partial charge in [-0.1, -0.05) is 26.0 Å². The van der Waals surface area contributed by atoms with Crippen LogP contribution in [0.1, 0.15) is 31.4 Å². The second kappa shape index (κ2) is 5.41. The average molecular weight is 257 g/mol.